The van der Waals surface area contributed by atoms with E-state index < -0.39 is 16.7 Å². The second-order valence-corrected chi connectivity index (χ2v) is 5.34. The van der Waals surface area contributed by atoms with Crippen LogP contribution in [-0.4, -0.2) is 23.3 Å². The van der Waals surface area contributed by atoms with Crippen molar-refractivity contribution in [2.75, 3.05) is 11.4 Å². The van der Waals surface area contributed by atoms with E-state index in [4.69, 9.17) is 17.3 Å². The second-order valence-electron chi connectivity index (χ2n) is 4.93. The van der Waals surface area contributed by atoms with Crippen LogP contribution in [0.5, 0.6) is 0 Å². The molecule has 2 aromatic carbocycles. The molecular weight excluding hydrogens is 334 g/mol. The molecule has 0 bridgehead atoms. The van der Waals surface area contributed by atoms with Gasteiger partial charge in [-0.1, -0.05) is 29.8 Å². The van der Waals surface area contributed by atoms with Gasteiger partial charge in [-0.15, -0.1) is 0 Å². The van der Waals surface area contributed by atoms with Crippen LogP contribution in [0.4, 0.5) is 11.4 Å². The van der Waals surface area contributed by atoms with Gasteiger partial charge in [0.05, 0.1) is 4.92 Å². The Labute approximate surface area is 142 Å². The van der Waals surface area contributed by atoms with Gasteiger partial charge >= 0.3 is 0 Å². The molecule has 0 aliphatic heterocycles. The summed E-state index contributed by atoms with van der Waals surface area (Å²) < 4.78 is 0. The van der Waals surface area contributed by atoms with Crippen molar-refractivity contribution in [3.8, 4) is 0 Å². The van der Waals surface area contributed by atoms with Crippen molar-refractivity contribution in [2.24, 2.45) is 5.73 Å². The number of hydrogen-bond acceptors (Lipinski definition) is 4. The lowest BCUT2D eigenvalue weighted by atomic mass is 10.1. The maximum Gasteiger partial charge on any atom is 0.287 e. The zero-order valence-electron chi connectivity index (χ0n) is 12.5. The number of nitro groups is 1. The summed E-state index contributed by atoms with van der Waals surface area (Å²) >= 11 is 5.86. The molecule has 0 aromatic heterocycles. The smallest absolute Gasteiger partial charge is 0.287 e. The SMILES string of the molecule is NC(=O)CCN(C(=O)c1ccc([N+](=O)[O-])c(Cl)c1)c1ccccc1. The van der Waals surface area contributed by atoms with Crippen LogP contribution >= 0.6 is 11.6 Å². The van der Waals surface area contributed by atoms with Crippen LogP contribution in [0.15, 0.2) is 48.5 Å². The highest BCUT2D eigenvalue weighted by molar-refractivity contribution is 6.33. The van der Waals surface area contributed by atoms with E-state index in [2.05, 4.69) is 0 Å². The predicted molar refractivity (Wildman–Crippen MR) is 90.0 cm³/mol. The lowest BCUT2D eigenvalue weighted by Gasteiger charge is -2.22. The van der Waals surface area contributed by atoms with E-state index in [1.807, 2.05) is 0 Å². The number of amides is 2. The van der Waals surface area contributed by atoms with Gasteiger partial charge < -0.3 is 10.6 Å². The first-order valence-corrected chi connectivity index (χ1v) is 7.37. The Bertz CT molecular complexity index is 780. The lowest BCUT2D eigenvalue weighted by Crippen LogP contribution is -2.34. The minimum atomic E-state index is -0.626. The van der Waals surface area contributed by atoms with Crippen molar-refractivity contribution in [1.29, 1.82) is 0 Å². The molecule has 0 aliphatic rings. The number of carbonyl (C=O) groups is 2. The highest BCUT2D eigenvalue weighted by atomic mass is 35.5. The number of benzene rings is 2. The van der Waals surface area contributed by atoms with Gasteiger partial charge in [0.1, 0.15) is 5.02 Å². The minimum Gasteiger partial charge on any atom is -0.370 e. The number of hydrogen-bond donors (Lipinski definition) is 1. The summed E-state index contributed by atoms with van der Waals surface area (Å²) in [6.07, 6.45) is -0.0126. The lowest BCUT2D eigenvalue weighted by molar-refractivity contribution is -0.384. The molecule has 2 amide bonds. The molecule has 2 aromatic rings. The molecule has 0 unspecified atom stereocenters. The van der Waals surface area contributed by atoms with Gasteiger partial charge in [0.2, 0.25) is 5.91 Å². The Morgan fingerprint density at radius 3 is 2.38 bits per heavy atom. The van der Waals surface area contributed by atoms with E-state index >= 15 is 0 Å². The minimum absolute atomic E-state index is 0.0126. The van der Waals surface area contributed by atoms with Crippen LogP contribution in [-0.2, 0) is 4.79 Å². The summed E-state index contributed by atoms with van der Waals surface area (Å²) in [5.41, 5.74) is 5.64. The molecule has 2 rings (SSSR count). The van der Waals surface area contributed by atoms with Crippen molar-refractivity contribution in [3.63, 3.8) is 0 Å². The van der Waals surface area contributed by atoms with Crippen LogP contribution in [0.25, 0.3) is 0 Å². The Morgan fingerprint density at radius 2 is 1.83 bits per heavy atom. The summed E-state index contributed by atoms with van der Waals surface area (Å²) in [6, 6.07) is 12.5. The van der Waals surface area contributed by atoms with Gasteiger partial charge in [-0.25, -0.2) is 0 Å². The number of nitro benzene ring substituents is 1. The largest absolute Gasteiger partial charge is 0.370 e. The topological polar surface area (TPSA) is 107 Å². The van der Waals surface area contributed by atoms with Crippen LogP contribution in [0.2, 0.25) is 5.02 Å². The number of nitrogens with two attached hydrogens (primary N) is 1. The van der Waals surface area contributed by atoms with Crippen molar-refractivity contribution >= 4 is 34.8 Å². The van der Waals surface area contributed by atoms with Crippen molar-refractivity contribution in [3.05, 3.63) is 69.2 Å². The van der Waals surface area contributed by atoms with Crippen LogP contribution < -0.4 is 10.6 Å². The average Bonchev–Trinajstić information content (AvgIpc) is 2.55. The molecule has 8 heteroatoms. The quantitative estimate of drug-likeness (QED) is 0.640. The molecule has 24 heavy (non-hydrogen) atoms. The van der Waals surface area contributed by atoms with Gasteiger partial charge in [-0.05, 0) is 24.3 Å². The molecule has 2 N–H and O–H groups in total. The van der Waals surface area contributed by atoms with E-state index in [9.17, 15) is 19.7 Å². The highest BCUT2D eigenvalue weighted by Gasteiger charge is 2.21. The van der Waals surface area contributed by atoms with Crippen molar-refractivity contribution in [2.45, 2.75) is 6.42 Å². The maximum atomic E-state index is 12.7. The van der Waals surface area contributed by atoms with Crippen LogP contribution in [0, 0.1) is 10.1 Å². The van der Waals surface area contributed by atoms with Gasteiger partial charge in [0.15, 0.2) is 0 Å². The van der Waals surface area contributed by atoms with E-state index in [1.54, 1.807) is 30.3 Å². The molecule has 0 saturated carbocycles. The number of primary amides is 1. The zero-order chi connectivity index (χ0) is 17.7. The zero-order valence-corrected chi connectivity index (χ0v) is 13.3. The van der Waals surface area contributed by atoms with Gasteiger partial charge in [-0.3, -0.25) is 19.7 Å². The predicted octanol–water partition coefficient (Wildman–Crippen LogP) is 2.77. The second kappa shape index (κ2) is 7.56. The van der Waals surface area contributed by atoms with Gasteiger partial charge in [-0.2, -0.15) is 0 Å². The molecule has 7 nitrogen and oxygen atoms in total. The van der Waals surface area contributed by atoms with Crippen LogP contribution in [0.3, 0.4) is 0 Å². The van der Waals surface area contributed by atoms with E-state index in [-0.39, 0.29) is 29.2 Å². The van der Waals surface area contributed by atoms with E-state index in [0.717, 1.165) is 0 Å². The molecule has 0 atom stereocenters. The number of rotatable bonds is 6. The molecule has 0 spiro atoms. The monoisotopic (exact) mass is 347 g/mol. The summed E-state index contributed by atoms with van der Waals surface area (Å²) in [5, 5.41) is 10.7. The Kier molecular flexibility index (Phi) is 5.49. The summed E-state index contributed by atoms with van der Waals surface area (Å²) in [4.78, 5) is 35.4. The fourth-order valence-electron chi connectivity index (χ4n) is 2.12. The Morgan fingerprint density at radius 1 is 1.17 bits per heavy atom. The van der Waals surface area contributed by atoms with Gasteiger partial charge in [0, 0.05) is 30.3 Å². The van der Waals surface area contributed by atoms with E-state index in [1.165, 1.54) is 23.1 Å². The Balaban J connectivity index is 2.35. The molecule has 0 radical (unpaired) electrons. The molecule has 0 saturated heterocycles. The molecule has 0 fully saturated rings. The number of para-hydroxylation sites is 1. The summed E-state index contributed by atoms with van der Waals surface area (Å²) in [7, 11) is 0. The Hall–Kier alpha value is -2.93. The number of halogens is 1. The fraction of sp³-hybridized carbons (Fsp3) is 0.125. The average molecular weight is 348 g/mol. The molecule has 124 valence electrons. The highest BCUT2D eigenvalue weighted by Crippen LogP contribution is 2.26. The standard InChI is InChI=1S/C16H14ClN3O4/c17-13-10-11(6-7-14(13)20(23)24)16(22)19(9-8-15(18)21)12-4-2-1-3-5-12/h1-7,10H,8-9H2,(H2,18,21). The summed E-state index contributed by atoms with van der Waals surface area (Å²) in [6.45, 7) is 0.0901. The van der Waals surface area contributed by atoms with Crippen LogP contribution in [0.1, 0.15) is 16.8 Å². The maximum absolute atomic E-state index is 12.7. The fourth-order valence-corrected chi connectivity index (χ4v) is 2.37. The van der Waals surface area contributed by atoms with Crippen molar-refractivity contribution in [1.82, 2.24) is 0 Å². The van der Waals surface area contributed by atoms with Gasteiger partial charge in [0.25, 0.3) is 11.6 Å². The first kappa shape index (κ1) is 17.4. The molecule has 0 aliphatic carbocycles. The third kappa shape index (κ3) is 4.08. The van der Waals surface area contributed by atoms with Crippen molar-refractivity contribution < 1.29 is 14.5 Å². The number of nitrogens with zero attached hydrogens (tertiary/aromatic N) is 2. The normalized spacial score (nSPS) is 10.2. The summed E-state index contributed by atoms with van der Waals surface area (Å²) in [5.74, 6) is -0.968. The molecule has 0 heterocycles. The number of anilines is 1. The van der Waals surface area contributed by atoms with E-state index in [0.29, 0.717) is 5.69 Å². The molecular formula is C16H14ClN3O4. The first-order chi connectivity index (χ1) is 11.4. The third-order valence-electron chi connectivity index (χ3n) is 3.29. The first-order valence-electron chi connectivity index (χ1n) is 6.99. The number of carbonyl (C=O) groups excluding carboxylic acids is 2. The third-order valence-corrected chi connectivity index (χ3v) is 3.59.